The van der Waals surface area contributed by atoms with E-state index in [0.717, 1.165) is 11.6 Å². The first kappa shape index (κ1) is 18.2. The molecular weight excluding hydrogens is 352 g/mol. The number of nitrogens with zero attached hydrogens (tertiary/aromatic N) is 1. The van der Waals surface area contributed by atoms with Gasteiger partial charge in [0.15, 0.2) is 6.61 Å². The number of carbonyl (C=O) groups excluding carboxylic acids is 2. The Morgan fingerprint density at radius 3 is 2.68 bits per heavy atom. The zero-order valence-corrected chi connectivity index (χ0v) is 13.7. The minimum atomic E-state index is -0.874. The summed E-state index contributed by atoms with van der Waals surface area (Å²) in [5.41, 5.74) is 0.440. The number of aryl methyl sites for hydroxylation is 1. The van der Waals surface area contributed by atoms with Gasteiger partial charge >= 0.3 is 5.97 Å². The van der Waals surface area contributed by atoms with Crippen molar-refractivity contribution in [2.24, 2.45) is 0 Å². The standard InChI is InChI=1S/C16H13ClN2O6/c1-9-2-5-14(20)11(6-9)16(22)25-8-15(21)18-13-7-10(19(23)24)3-4-12(13)17/h2-7,20H,8H2,1H3,(H,18,21). The van der Waals surface area contributed by atoms with Crippen molar-refractivity contribution in [1.82, 2.24) is 0 Å². The predicted octanol–water partition coefficient (Wildman–Crippen LogP) is 3.06. The first-order chi connectivity index (χ1) is 11.8. The molecule has 130 valence electrons. The fourth-order valence-electron chi connectivity index (χ4n) is 1.93. The molecule has 0 bridgehead atoms. The molecule has 2 aromatic carbocycles. The quantitative estimate of drug-likeness (QED) is 0.478. The van der Waals surface area contributed by atoms with Crippen LogP contribution in [0.2, 0.25) is 5.02 Å². The van der Waals surface area contributed by atoms with E-state index in [-0.39, 0.29) is 27.7 Å². The third-order valence-electron chi connectivity index (χ3n) is 3.14. The Labute approximate surface area is 147 Å². The molecule has 2 aromatic rings. The highest BCUT2D eigenvalue weighted by Crippen LogP contribution is 2.26. The molecule has 0 heterocycles. The van der Waals surface area contributed by atoms with Gasteiger partial charge in [0, 0.05) is 12.1 Å². The maximum absolute atomic E-state index is 11.9. The fraction of sp³-hybridized carbons (Fsp3) is 0.125. The largest absolute Gasteiger partial charge is 0.507 e. The molecule has 25 heavy (non-hydrogen) atoms. The number of hydrogen-bond donors (Lipinski definition) is 2. The summed E-state index contributed by atoms with van der Waals surface area (Å²) >= 11 is 5.86. The van der Waals surface area contributed by atoms with Crippen LogP contribution in [0.3, 0.4) is 0 Å². The Balaban J connectivity index is 2.01. The van der Waals surface area contributed by atoms with E-state index in [1.165, 1.54) is 24.3 Å². The molecule has 0 aliphatic heterocycles. The first-order valence-corrected chi connectivity index (χ1v) is 7.36. The van der Waals surface area contributed by atoms with Gasteiger partial charge < -0.3 is 15.2 Å². The molecule has 0 saturated carbocycles. The lowest BCUT2D eigenvalue weighted by Gasteiger charge is -2.09. The number of hydrogen-bond acceptors (Lipinski definition) is 6. The van der Waals surface area contributed by atoms with E-state index >= 15 is 0 Å². The monoisotopic (exact) mass is 364 g/mol. The van der Waals surface area contributed by atoms with E-state index in [0.29, 0.717) is 0 Å². The third kappa shape index (κ3) is 4.67. The number of halogens is 1. The van der Waals surface area contributed by atoms with Crippen LogP contribution in [0, 0.1) is 17.0 Å². The van der Waals surface area contributed by atoms with E-state index in [9.17, 15) is 24.8 Å². The van der Waals surface area contributed by atoms with Crippen molar-refractivity contribution in [3.8, 4) is 5.75 Å². The molecule has 2 N–H and O–H groups in total. The molecule has 0 fully saturated rings. The molecule has 0 aromatic heterocycles. The molecule has 1 amide bonds. The average molecular weight is 365 g/mol. The number of ether oxygens (including phenoxy) is 1. The summed E-state index contributed by atoms with van der Waals surface area (Å²) in [5.74, 6) is -1.87. The van der Waals surface area contributed by atoms with Crippen molar-refractivity contribution in [2.75, 3.05) is 11.9 Å². The van der Waals surface area contributed by atoms with Crippen LogP contribution in [0.4, 0.5) is 11.4 Å². The molecule has 0 atom stereocenters. The summed E-state index contributed by atoms with van der Waals surface area (Å²) in [4.78, 5) is 33.9. The second-order valence-electron chi connectivity index (χ2n) is 5.07. The summed E-state index contributed by atoms with van der Waals surface area (Å²) < 4.78 is 4.83. The number of aromatic hydroxyl groups is 1. The average Bonchev–Trinajstić information content (AvgIpc) is 2.56. The Morgan fingerprint density at radius 1 is 1.28 bits per heavy atom. The minimum absolute atomic E-state index is 0.0234. The van der Waals surface area contributed by atoms with Crippen molar-refractivity contribution >= 4 is 34.9 Å². The van der Waals surface area contributed by atoms with Gasteiger partial charge in [0.2, 0.25) is 0 Å². The molecule has 2 rings (SSSR count). The summed E-state index contributed by atoms with van der Waals surface area (Å²) in [6.07, 6.45) is 0. The molecule has 0 unspecified atom stereocenters. The van der Waals surface area contributed by atoms with Gasteiger partial charge in [0.25, 0.3) is 11.6 Å². The van der Waals surface area contributed by atoms with Crippen molar-refractivity contribution in [3.05, 3.63) is 62.7 Å². The fourth-order valence-corrected chi connectivity index (χ4v) is 2.10. The number of esters is 1. The Morgan fingerprint density at radius 2 is 2.00 bits per heavy atom. The van der Waals surface area contributed by atoms with Gasteiger partial charge in [0.05, 0.1) is 15.6 Å². The summed E-state index contributed by atoms with van der Waals surface area (Å²) in [7, 11) is 0. The van der Waals surface area contributed by atoms with Gasteiger partial charge in [-0.15, -0.1) is 0 Å². The van der Waals surface area contributed by atoms with E-state index in [1.807, 2.05) is 0 Å². The van der Waals surface area contributed by atoms with Gasteiger partial charge in [-0.05, 0) is 25.1 Å². The third-order valence-corrected chi connectivity index (χ3v) is 3.47. The number of non-ortho nitro benzene ring substituents is 1. The second-order valence-corrected chi connectivity index (χ2v) is 5.47. The number of phenolic OH excluding ortho intramolecular Hbond substituents is 1. The number of carbonyl (C=O) groups is 2. The van der Waals surface area contributed by atoms with E-state index in [4.69, 9.17) is 16.3 Å². The lowest BCUT2D eigenvalue weighted by atomic mass is 10.1. The molecule has 9 heteroatoms. The molecule has 0 aliphatic carbocycles. The highest BCUT2D eigenvalue weighted by molar-refractivity contribution is 6.33. The first-order valence-electron chi connectivity index (χ1n) is 6.98. The topological polar surface area (TPSA) is 119 Å². The zero-order valence-electron chi connectivity index (χ0n) is 13.0. The maximum atomic E-state index is 11.9. The summed E-state index contributed by atoms with van der Waals surface area (Å²) in [6, 6.07) is 7.93. The minimum Gasteiger partial charge on any atom is -0.507 e. The Kier molecular flexibility index (Phi) is 5.56. The predicted molar refractivity (Wildman–Crippen MR) is 89.9 cm³/mol. The highest BCUT2D eigenvalue weighted by atomic mass is 35.5. The van der Waals surface area contributed by atoms with Gasteiger partial charge in [-0.25, -0.2) is 4.79 Å². The number of benzene rings is 2. The molecule has 0 saturated heterocycles. The second kappa shape index (κ2) is 7.63. The van der Waals surface area contributed by atoms with Crippen LogP contribution in [0.5, 0.6) is 5.75 Å². The van der Waals surface area contributed by atoms with Crippen molar-refractivity contribution in [2.45, 2.75) is 6.92 Å². The summed E-state index contributed by atoms with van der Waals surface area (Å²) in [5, 5.41) is 22.8. The lowest BCUT2D eigenvalue weighted by Crippen LogP contribution is -2.21. The van der Waals surface area contributed by atoms with Crippen LogP contribution < -0.4 is 5.32 Å². The molecule has 8 nitrogen and oxygen atoms in total. The number of nitrogens with one attached hydrogen (secondary N) is 1. The number of amides is 1. The van der Waals surface area contributed by atoms with Gasteiger partial charge in [-0.1, -0.05) is 23.2 Å². The van der Waals surface area contributed by atoms with Crippen LogP contribution >= 0.6 is 11.6 Å². The van der Waals surface area contributed by atoms with Gasteiger partial charge in [0.1, 0.15) is 11.3 Å². The van der Waals surface area contributed by atoms with E-state index in [1.54, 1.807) is 13.0 Å². The highest BCUT2D eigenvalue weighted by Gasteiger charge is 2.16. The van der Waals surface area contributed by atoms with Crippen molar-refractivity contribution in [3.63, 3.8) is 0 Å². The maximum Gasteiger partial charge on any atom is 0.342 e. The van der Waals surface area contributed by atoms with Crippen LogP contribution in [0.15, 0.2) is 36.4 Å². The van der Waals surface area contributed by atoms with Gasteiger partial charge in [-0.2, -0.15) is 0 Å². The molecule has 0 radical (unpaired) electrons. The Hall–Kier alpha value is -3.13. The summed E-state index contributed by atoms with van der Waals surface area (Å²) in [6.45, 7) is 1.08. The van der Waals surface area contributed by atoms with Gasteiger partial charge in [-0.3, -0.25) is 14.9 Å². The van der Waals surface area contributed by atoms with E-state index in [2.05, 4.69) is 5.32 Å². The lowest BCUT2D eigenvalue weighted by molar-refractivity contribution is -0.384. The normalized spacial score (nSPS) is 10.2. The molecular formula is C16H13ClN2O6. The number of nitro groups is 1. The van der Waals surface area contributed by atoms with Crippen LogP contribution in [-0.4, -0.2) is 28.5 Å². The molecule has 0 aliphatic rings. The van der Waals surface area contributed by atoms with Crippen molar-refractivity contribution < 1.29 is 24.4 Å². The molecule has 0 spiro atoms. The number of phenols is 1. The van der Waals surface area contributed by atoms with Crippen LogP contribution in [0.1, 0.15) is 15.9 Å². The van der Waals surface area contributed by atoms with Crippen molar-refractivity contribution in [1.29, 1.82) is 0 Å². The van der Waals surface area contributed by atoms with Crippen LogP contribution in [0.25, 0.3) is 0 Å². The number of rotatable bonds is 5. The zero-order chi connectivity index (χ0) is 18.6. The number of anilines is 1. The van der Waals surface area contributed by atoms with Crippen LogP contribution in [-0.2, 0) is 9.53 Å². The Bertz CT molecular complexity index is 853. The van der Waals surface area contributed by atoms with E-state index < -0.39 is 23.4 Å². The number of nitro benzene ring substituents is 1. The smallest absolute Gasteiger partial charge is 0.342 e. The SMILES string of the molecule is Cc1ccc(O)c(C(=O)OCC(=O)Nc2cc([N+](=O)[O-])ccc2Cl)c1.